The van der Waals surface area contributed by atoms with Crippen LogP contribution in [0, 0.1) is 5.92 Å². The maximum Gasteiger partial charge on any atom is 0.142 e. The first kappa shape index (κ1) is 14.4. The van der Waals surface area contributed by atoms with Crippen LogP contribution in [0.2, 0.25) is 0 Å². The summed E-state index contributed by atoms with van der Waals surface area (Å²) in [4.78, 5) is 11.3. The number of aryl methyl sites for hydroxylation is 1. The first-order valence-electron chi connectivity index (χ1n) is 7.38. The molecule has 1 aliphatic rings. The van der Waals surface area contributed by atoms with Crippen LogP contribution < -0.4 is 5.32 Å². The molecule has 4 heteroatoms. The minimum absolute atomic E-state index is 0.752. The number of hydrogen-bond acceptors (Lipinski definition) is 4. The molecule has 0 fully saturated rings. The molecule has 4 nitrogen and oxygen atoms in total. The first-order valence-corrected chi connectivity index (χ1v) is 7.38. The largest absolute Gasteiger partial charge is 0.316 e. The molecule has 2 rings (SSSR count). The Morgan fingerprint density at radius 3 is 3.00 bits per heavy atom. The highest BCUT2D eigenvalue weighted by Crippen LogP contribution is 2.23. The van der Waals surface area contributed by atoms with Crippen molar-refractivity contribution in [3.8, 4) is 0 Å². The summed E-state index contributed by atoms with van der Waals surface area (Å²) in [5, 5.41) is 3.53. The Labute approximate surface area is 116 Å². The standard InChI is InChI=1S/C15H26N4/c1-4-7-16-9-12-5-6-14-13(8-12)10-17-15(18-14)11-19(2)3/h10,12,16H,4-9,11H2,1-3H3. The van der Waals surface area contributed by atoms with Gasteiger partial charge in [-0.25, -0.2) is 9.97 Å². The summed E-state index contributed by atoms with van der Waals surface area (Å²) in [6.45, 7) is 5.30. The molecule has 1 aliphatic carbocycles. The van der Waals surface area contributed by atoms with Crippen molar-refractivity contribution < 1.29 is 0 Å². The van der Waals surface area contributed by atoms with Crippen LogP contribution in [-0.4, -0.2) is 42.1 Å². The van der Waals surface area contributed by atoms with Crippen molar-refractivity contribution in [1.82, 2.24) is 20.2 Å². The van der Waals surface area contributed by atoms with Crippen LogP contribution in [-0.2, 0) is 19.4 Å². The Balaban J connectivity index is 1.94. The van der Waals surface area contributed by atoms with Gasteiger partial charge in [0.15, 0.2) is 0 Å². The number of hydrogen-bond donors (Lipinski definition) is 1. The van der Waals surface area contributed by atoms with Gasteiger partial charge in [-0.1, -0.05) is 6.92 Å². The minimum Gasteiger partial charge on any atom is -0.316 e. The number of nitrogens with zero attached hydrogens (tertiary/aromatic N) is 3. The van der Waals surface area contributed by atoms with Crippen LogP contribution in [0.15, 0.2) is 6.20 Å². The molecule has 0 aliphatic heterocycles. The van der Waals surface area contributed by atoms with E-state index >= 15 is 0 Å². The van der Waals surface area contributed by atoms with Crippen molar-refractivity contribution in [3.05, 3.63) is 23.3 Å². The Morgan fingerprint density at radius 2 is 2.26 bits per heavy atom. The molecule has 106 valence electrons. The van der Waals surface area contributed by atoms with Crippen LogP contribution in [0.25, 0.3) is 0 Å². The molecule has 1 atom stereocenters. The van der Waals surface area contributed by atoms with E-state index in [9.17, 15) is 0 Å². The number of fused-ring (bicyclic) bond motifs is 1. The highest BCUT2D eigenvalue weighted by Gasteiger charge is 2.20. The number of rotatable bonds is 6. The molecule has 0 amide bonds. The zero-order chi connectivity index (χ0) is 13.7. The van der Waals surface area contributed by atoms with Gasteiger partial charge in [-0.3, -0.25) is 0 Å². The van der Waals surface area contributed by atoms with Crippen molar-refractivity contribution >= 4 is 0 Å². The van der Waals surface area contributed by atoms with Gasteiger partial charge in [0.1, 0.15) is 5.82 Å². The van der Waals surface area contributed by atoms with E-state index in [1.165, 1.54) is 24.1 Å². The van der Waals surface area contributed by atoms with Gasteiger partial charge in [-0.15, -0.1) is 0 Å². The van der Waals surface area contributed by atoms with Crippen LogP contribution >= 0.6 is 0 Å². The lowest BCUT2D eigenvalue weighted by Crippen LogP contribution is -2.28. The molecular weight excluding hydrogens is 236 g/mol. The van der Waals surface area contributed by atoms with Crippen molar-refractivity contribution in [2.75, 3.05) is 27.2 Å². The first-order chi connectivity index (χ1) is 9.19. The lowest BCUT2D eigenvalue weighted by atomic mass is 9.87. The molecular formula is C15H26N4. The van der Waals surface area contributed by atoms with Crippen molar-refractivity contribution in [2.45, 2.75) is 39.2 Å². The van der Waals surface area contributed by atoms with E-state index in [0.29, 0.717) is 0 Å². The Bertz CT molecular complexity index is 403. The summed E-state index contributed by atoms with van der Waals surface area (Å²) in [6.07, 6.45) is 6.75. The molecule has 1 unspecified atom stereocenters. The van der Waals surface area contributed by atoms with E-state index in [1.54, 1.807) is 0 Å². The summed E-state index contributed by atoms with van der Waals surface area (Å²) in [7, 11) is 4.11. The summed E-state index contributed by atoms with van der Waals surface area (Å²) in [5.41, 5.74) is 2.63. The predicted octanol–water partition coefficient (Wildman–Crippen LogP) is 1.64. The SMILES string of the molecule is CCCNCC1CCc2nc(CN(C)C)ncc2C1. The quantitative estimate of drug-likeness (QED) is 0.791. The number of nitrogens with one attached hydrogen (secondary N) is 1. The molecule has 0 aromatic carbocycles. The second kappa shape index (κ2) is 6.96. The van der Waals surface area contributed by atoms with Crippen LogP contribution in [0.4, 0.5) is 0 Å². The normalized spacial score (nSPS) is 18.6. The Hall–Kier alpha value is -1.00. The molecule has 0 spiro atoms. The van der Waals surface area contributed by atoms with E-state index in [2.05, 4.69) is 36.2 Å². The van der Waals surface area contributed by atoms with Gasteiger partial charge in [0.2, 0.25) is 0 Å². The zero-order valence-electron chi connectivity index (χ0n) is 12.4. The summed E-state index contributed by atoms with van der Waals surface area (Å²) in [5.74, 6) is 1.70. The minimum atomic E-state index is 0.752. The van der Waals surface area contributed by atoms with Crippen molar-refractivity contribution in [2.24, 2.45) is 5.92 Å². The van der Waals surface area contributed by atoms with Gasteiger partial charge in [-0.2, -0.15) is 0 Å². The van der Waals surface area contributed by atoms with Gasteiger partial charge < -0.3 is 10.2 Å². The monoisotopic (exact) mass is 262 g/mol. The van der Waals surface area contributed by atoms with Crippen LogP contribution in [0.5, 0.6) is 0 Å². The van der Waals surface area contributed by atoms with Crippen LogP contribution in [0.3, 0.4) is 0 Å². The fraction of sp³-hybridized carbons (Fsp3) is 0.733. The highest BCUT2D eigenvalue weighted by molar-refractivity contribution is 5.21. The molecule has 0 bridgehead atoms. The second-order valence-corrected chi connectivity index (χ2v) is 5.81. The Kier molecular flexibility index (Phi) is 5.28. The van der Waals surface area contributed by atoms with Gasteiger partial charge in [0.05, 0.1) is 6.54 Å². The zero-order valence-corrected chi connectivity index (χ0v) is 12.4. The third-order valence-corrected chi connectivity index (χ3v) is 3.62. The van der Waals surface area contributed by atoms with E-state index in [1.807, 2.05) is 6.20 Å². The van der Waals surface area contributed by atoms with E-state index in [-0.39, 0.29) is 0 Å². The molecule has 1 aromatic heterocycles. The maximum absolute atomic E-state index is 4.71. The lowest BCUT2D eigenvalue weighted by Gasteiger charge is -2.24. The van der Waals surface area contributed by atoms with E-state index in [4.69, 9.17) is 4.98 Å². The lowest BCUT2D eigenvalue weighted by molar-refractivity contribution is 0.384. The third-order valence-electron chi connectivity index (χ3n) is 3.62. The molecule has 19 heavy (non-hydrogen) atoms. The van der Waals surface area contributed by atoms with Gasteiger partial charge in [0, 0.05) is 11.9 Å². The van der Waals surface area contributed by atoms with Gasteiger partial charge in [-0.05, 0) is 64.3 Å². The highest BCUT2D eigenvalue weighted by atomic mass is 15.1. The van der Waals surface area contributed by atoms with Gasteiger partial charge >= 0.3 is 0 Å². The predicted molar refractivity (Wildman–Crippen MR) is 78.1 cm³/mol. The van der Waals surface area contributed by atoms with Crippen LogP contribution in [0.1, 0.15) is 36.8 Å². The molecule has 0 radical (unpaired) electrons. The molecule has 1 aromatic rings. The third kappa shape index (κ3) is 4.25. The molecule has 1 N–H and O–H groups in total. The Morgan fingerprint density at radius 1 is 1.42 bits per heavy atom. The van der Waals surface area contributed by atoms with Crippen molar-refractivity contribution in [1.29, 1.82) is 0 Å². The van der Waals surface area contributed by atoms with Crippen molar-refractivity contribution in [3.63, 3.8) is 0 Å². The average Bonchev–Trinajstić information content (AvgIpc) is 2.38. The smallest absolute Gasteiger partial charge is 0.142 e. The summed E-state index contributed by atoms with van der Waals surface area (Å²) in [6, 6.07) is 0. The molecule has 0 saturated carbocycles. The second-order valence-electron chi connectivity index (χ2n) is 5.81. The van der Waals surface area contributed by atoms with Gasteiger partial charge in [0.25, 0.3) is 0 Å². The van der Waals surface area contributed by atoms with E-state index in [0.717, 1.165) is 44.2 Å². The van der Waals surface area contributed by atoms with E-state index < -0.39 is 0 Å². The number of aromatic nitrogens is 2. The summed E-state index contributed by atoms with van der Waals surface area (Å²) >= 11 is 0. The maximum atomic E-state index is 4.71. The fourth-order valence-corrected chi connectivity index (χ4v) is 2.64. The molecule has 1 heterocycles. The fourth-order valence-electron chi connectivity index (χ4n) is 2.64. The summed E-state index contributed by atoms with van der Waals surface area (Å²) < 4.78 is 0. The topological polar surface area (TPSA) is 41.1 Å². The average molecular weight is 262 g/mol. The molecule has 0 saturated heterocycles.